The standard InChI is InChI=1S/C14H20Cl2N4O2/c1-14(2,3)18-13(21)22-8-9-4-5-20(7-9)10-6-17-19-12(16)11(10)15/h6,9H,4-5,7-8H2,1-3H3,(H,18,21)/t9-/m1/s1. The summed E-state index contributed by atoms with van der Waals surface area (Å²) in [6.45, 7) is 7.67. The molecule has 2 heterocycles. The Morgan fingerprint density at radius 3 is 2.91 bits per heavy atom. The second-order valence-electron chi connectivity index (χ2n) is 6.41. The highest BCUT2D eigenvalue weighted by Gasteiger charge is 2.26. The van der Waals surface area contributed by atoms with E-state index in [2.05, 4.69) is 20.4 Å². The molecule has 2 rings (SSSR count). The third-order valence-corrected chi connectivity index (χ3v) is 4.02. The summed E-state index contributed by atoms with van der Waals surface area (Å²) in [6.07, 6.45) is 2.13. The molecule has 1 fully saturated rings. The molecule has 0 bridgehead atoms. The number of rotatable bonds is 3. The first-order valence-corrected chi connectivity index (χ1v) is 7.88. The van der Waals surface area contributed by atoms with Crippen molar-refractivity contribution in [2.75, 3.05) is 24.6 Å². The molecule has 1 atom stereocenters. The summed E-state index contributed by atoms with van der Waals surface area (Å²) in [5.41, 5.74) is 0.467. The molecule has 0 radical (unpaired) electrons. The second-order valence-corrected chi connectivity index (χ2v) is 7.14. The quantitative estimate of drug-likeness (QED) is 0.910. The van der Waals surface area contributed by atoms with E-state index in [9.17, 15) is 4.79 Å². The third kappa shape index (κ3) is 4.61. The lowest BCUT2D eigenvalue weighted by Crippen LogP contribution is -2.41. The second kappa shape index (κ2) is 6.87. The average molecular weight is 347 g/mol. The molecule has 0 aliphatic carbocycles. The Morgan fingerprint density at radius 1 is 1.50 bits per heavy atom. The van der Waals surface area contributed by atoms with Crippen LogP contribution >= 0.6 is 23.2 Å². The molecule has 1 amide bonds. The van der Waals surface area contributed by atoms with Crippen LogP contribution in [0.1, 0.15) is 27.2 Å². The van der Waals surface area contributed by atoms with E-state index in [0.717, 1.165) is 25.2 Å². The van der Waals surface area contributed by atoms with E-state index >= 15 is 0 Å². The van der Waals surface area contributed by atoms with Gasteiger partial charge in [-0.1, -0.05) is 23.2 Å². The van der Waals surface area contributed by atoms with Crippen molar-refractivity contribution in [3.05, 3.63) is 16.4 Å². The Morgan fingerprint density at radius 2 is 2.23 bits per heavy atom. The van der Waals surface area contributed by atoms with E-state index in [-0.39, 0.29) is 16.6 Å². The van der Waals surface area contributed by atoms with Gasteiger partial charge in [-0.25, -0.2) is 4.79 Å². The smallest absolute Gasteiger partial charge is 0.407 e. The van der Waals surface area contributed by atoms with Gasteiger partial charge in [0.2, 0.25) is 0 Å². The van der Waals surface area contributed by atoms with Crippen LogP contribution in [0.4, 0.5) is 10.5 Å². The van der Waals surface area contributed by atoms with Crippen molar-refractivity contribution in [3.63, 3.8) is 0 Å². The zero-order valence-electron chi connectivity index (χ0n) is 12.9. The van der Waals surface area contributed by atoms with E-state index in [1.165, 1.54) is 0 Å². The maximum Gasteiger partial charge on any atom is 0.407 e. The minimum atomic E-state index is -0.391. The zero-order chi connectivity index (χ0) is 16.3. The number of amides is 1. The van der Waals surface area contributed by atoms with Crippen molar-refractivity contribution < 1.29 is 9.53 Å². The Hall–Kier alpha value is -1.27. The topological polar surface area (TPSA) is 67.3 Å². The van der Waals surface area contributed by atoms with Crippen molar-refractivity contribution in [1.82, 2.24) is 15.5 Å². The molecule has 1 saturated heterocycles. The van der Waals surface area contributed by atoms with Crippen LogP contribution in [0.15, 0.2) is 6.20 Å². The van der Waals surface area contributed by atoms with E-state index in [0.29, 0.717) is 11.6 Å². The zero-order valence-corrected chi connectivity index (χ0v) is 14.4. The molecule has 1 aromatic rings. The highest BCUT2D eigenvalue weighted by molar-refractivity contribution is 6.42. The van der Waals surface area contributed by atoms with Crippen LogP contribution in [0.5, 0.6) is 0 Å². The molecule has 0 unspecified atom stereocenters. The van der Waals surface area contributed by atoms with E-state index in [1.54, 1.807) is 6.20 Å². The molecule has 1 aromatic heterocycles. The molecule has 6 nitrogen and oxygen atoms in total. The van der Waals surface area contributed by atoms with Crippen molar-refractivity contribution in [1.29, 1.82) is 0 Å². The fourth-order valence-electron chi connectivity index (χ4n) is 2.28. The predicted molar refractivity (Wildman–Crippen MR) is 86.6 cm³/mol. The molecule has 22 heavy (non-hydrogen) atoms. The van der Waals surface area contributed by atoms with Crippen LogP contribution in [0.2, 0.25) is 10.2 Å². The van der Waals surface area contributed by atoms with Crippen LogP contribution in [0, 0.1) is 5.92 Å². The lowest BCUT2D eigenvalue weighted by atomic mass is 10.1. The summed E-state index contributed by atoms with van der Waals surface area (Å²) >= 11 is 12.0. The van der Waals surface area contributed by atoms with Crippen LogP contribution in [0.3, 0.4) is 0 Å². The van der Waals surface area contributed by atoms with E-state index in [1.807, 2.05) is 20.8 Å². The largest absolute Gasteiger partial charge is 0.449 e. The molecule has 0 spiro atoms. The maximum absolute atomic E-state index is 11.7. The SMILES string of the molecule is CC(C)(C)NC(=O)OC[C@@H]1CCN(c2cnnc(Cl)c2Cl)C1. The van der Waals surface area contributed by atoms with Gasteiger partial charge in [0.1, 0.15) is 5.02 Å². The van der Waals surface area contributed by atoms with Crippen LogP contribution in [-0.2, 0) is 4.74 Å². The molecule has 1 N–H and O–H groups in total. The molecular formula is C14H20Cl2N4O2. The van der Waals surface area contributed by atoms with Crippen molar-refractivity contribution in [2.45, 2.75) is 32.7 Å². The number of nitrogens with zero attached hydrogens (tertiary/aromatic N) is 3. The van der Waals surface area contributed by atoms with E-state index in [4.69, 9.17) is 27.9 Å². The molecule has 0 aromatic carbocycles. The number of ether oxygens (including phenoxy) is 1. The molecule has 122 valence electrons. The highest BCUT2D eigenvalue weighted by Crippen LogP contribution is 2.33. The Labute approximate surface area is 140 Å². The molecule has 1 aliphatic rings. The normalized spacial score (nSPS) is 18.4. The van der Waals surface area contributed by atoms with Gasteiger partial charge in [0.05, 0.1) is 18.5 Å². The summed E-state index contributed by atoms with van der Waals surface area (Å²) in [6, 6.07) is 0. The summed E-state index contributed by atoms with van der Waals surface area (Å²) in [5.74, 6) is 0.258. The summed E-state index contributed by atoms with van der Waals surface area (Å²) in [4.78, 5) is 13.7. The summed E-state index contributed by atoms with van der Waals surface area (Å²) < 4.78 is 5.28. The number of carbonyl (C=O) groups is 1. The number of alkyl carbamates (subject to hydrolysis) is 1. The van der Waals surface area contributed by atoms with Gasteiger partial charge in [-0.3, -0.25) is 0 Å². The first-order chi connectivity index (χ1) is 10.3. The lowest BCUT2D eigenvalue weighted by Gasteiger charge is -2.21. The van der Waals surface area contributed by atoms with Crippen molar-refractivity contribution >= 4 is 35.0 Å². The van der Waals surface area contributed by atoms with Gasteiger partial charge < -0.3 is 15.0 Å². The van der Waals surface area contributed by atoms with Gasteiger partial charge >= 0.3 is 6.09 Å². The fraction of sp³-hybridized carbons (Fsp3) is 0.643. The monoisotopic (exact) mass is 346 g/mol. The first-order valence-electron chi connectivity index (χ1n) is 7.13. The van der Waals surface area contributed by atoms with Gasteiger partial charge in [0.25, 0.3) is 0 Å². The predicted octanol–water partition coefficient (Wildman–Crippen LogP) is 3.13. The van der Waals surface area contributed by atoms with Crippen LogP contribution < -0.4 is 10.2 Å². The number of nitrogens with one attached hydrogen (secondary N) is 1. The lowest BCUT2D eigenvalue weighted by molar-refractivity contribution is 0.123. The van der Waals surface area contributed by atoms with Gasteiger partial charge in [0, 0.05) is 24.5 Å². The minimum Gasteiger partial charge on any atom is -0.449 e. The van der Waals surface area contributed by atoms with Gasteiger partial charge in [-0.15, -0.1) is 5.10 Å². The van der Waals surface area contributed by atoms with Crippen LogP contribution in [0.25, 0.3) is 0 Å². The highest BCUT2D eigenvalue weighted by atomic mass is 35.5. The minimum absolute atomic E-state index is 0.198. The van der Waals surface area contributed by atoms with Gasteiger partial charge in [-0.2, -0.15) is 5.10 Å². The number of anilines is 1. The maximum atomic E-state index is 11.7. The van der Waals surface area contributed by atoms with Crippen molar-refractivity contribution in [3.8, 4) is 0 Å². The Kier molecular flexibility index (Phi) is 5.34. The van der Waals surface area contributed by atoms with E-state index < -0.39 is 6.09 Å². The van der Waals surface area contributed by atoms with Crippen LogP contribution in [-0.4, -0.2) is 41.5 Å². The van der Waals surface area contributed by atoms with Gasteiger partial charge in [0.15, 0.2) is 5.15 Å². The summed E-state index contributed by atoms with van der Waals surface area (Å²) in [5, 5.41) is 10.9. The fourth-order valence-corrected chi connectivity index (χ4v) is 2.63. The number of hydrogen-bond acceptors (Lipinski definition) is 5. The summed E-state index contributed by atoms with van der Waals surface area (Å²) in [7, 11) is 0. The Balaban J connectivity index is 1.86. The number of carbonyl (C=O) groups excluding carboxylic acids is 1. The number of hydrogen-bond donors (Lipinski definition) is 1. The molecule has 8 heteroatoms. The van der Waals surface area contributed by atoms with Crippen molar-refractivity contribution in [2.24, 2.45) is 5.92 Å². The molecule has 0 saturated carbocycles. The number of halogens is 2. The first kappa shape index (κ1) is 17.1. The number of aromatic nitrogens is 2. The third-order valence-electron chi connectivity index (χ3n) is 3.29. The Bertz CT molecular complexity index is 548. The van der Waals surface area contributed by atoms with Gasteiger partial charge in [-0.05, 0) is 27.2 Å². The molecule has 1 aliphatic heterocycles. The average Bonchev–Trinajstić information content (AvgIpc) is 2.86. The molecular weight excluding hydrogens is 327 g/mol.